The van der Waals surface area contributed by atoms with Crippen molar-refractivity contribution in [1.29, 1.82) is 0 Å². The van der Waals surface area contributed by atoms with Crippen LogP contribution in [0.5, 0.6) is 5.75 Å². The number of rotatable bonds is 4. The molecule has 0 spiro atoms. The minimum absolute atomic E-state index is 0.103. The zero-order valence-corrected chi connectivity index (χ0v) is 9.85. The van der Waals surface area contributed by atoms with Crippen molar-refractivity contribution in [2.45, 2.75) is 25.0 Å². The molecule has 1 aromatic carbocycles. The molecule has 1 aliphatic heterocycles. The summed E-state index contributed by atoms with van der Waals surface area (Å²) < 4.78 is 5.21. The van der Waals surface area contributed by atoms with Gasteiger partial charge in [0.2, 0.25) is 0 Å². The lowest BCUT2D eigenvalue weighted by Crippen LogP contribution is -2.31. The van der Waals surface area contributed by atoms with Gasteiger partial charge in [0.15, 0.2) is 5.78 Å². The number of hydrogen-bond donors (Lipinski definition) is 2. The van der Waals surface area contributed by atoms with E-state index < -0.39 is 0 Å². The maximum absolute atomic E-state index is 12.0. The second-order valence-electron chi connectivity index (χ2n) is 4.36. The molecule has 1 fully saturated rings. The van der Waals surface area contributed by atoms with E-state index >= 15 is 0 Å². The number of carbonyl (C=O) groups excluding carboxylic acids is 1. The van der Waals surface area contributed by atoms with Crippen LogP contribution in [-0.2, 0) is 16.0 Å². The van der Waals surface area contributed by atoms with Crippen molar-refractivity contribution in [1.82, 2.24) is 5.32 Å². The predicted molar refractivity (Wildman–Crippen MR) is 64.0 cm³/mol. The number of ketones is 1. The molecule has 4 nitrogen and oxygen atoms in total. The first kappa shape index (κ1) is 12.1. The van der Waals surface area contributed by atoms with Crippen LogP contribution in [0.1, 0.15) is 12.0 Å². The minimum atomic E-state index is -0.103. The first-order valence-electron chi connectivity index (χ1n) is 5.76. The third kappa shape index (κ3) is 3.05. The Kier molecular flexibility index (Phi) is 3.76. The van der Waals surface area contributed by atoms with E-state index in [0.29, 0.717) is 6.42 Å². The van der Waals surface area contributed by atoms with E-state index in [-0.39, 0.29) is 23.7 Å². The Morgan fingerprint density at radius 1 is 1.47 bits per heavy atom. The Morgan fingerprint density at radius 2 is 2.18 bits per heavy atom. The largest absolute Gasteiger partial charge is 0.508 e. The molecule has 1 aliphatic rings. The molecule has 2 rings (SSSR count). The molecule has 1 heterocycles. The van der Waals surface area contributed by atoms with Gasteiger partial charge in [0.25, 0.3) is 0 Å². The SMILES string of the molecule is COC1CNC(C(=O)Cc2ccc(O)cc2)C1. The van der Waals surface area contributed by atoms with Crippen LogP contribution in [0.2, 0.25) is 0 Å². The van der Waals surface area contributed by atoms with Crippen molar-refractivity contribution in [3.63, 3.8) is 0 Å². The smallest absolute Gasteiger partial charge is 0.154 e. The van der Waals surface area contributed by atoms with Crippen LogP contribution < -0.4 is 5.32 Å². The number of carbonyl (C=O) groups is 1. The highest BCUT2D eigenvalue weighted by molar-refractivity contribution is 5.86. The van der Waals surface area contributed by atoms with Gasteiger partial charge in [0.05, 0.1) is 12.1 Å². The Hall–Kier alpha value is -1.39. The fourth-order valence-corrected chi connectivity index (χ4v) is 2.07. The molecule has 0 amide bonds. The fraction of sp³-hybridized carbons (Fsp3) is 0.462. The third-order valence-corrected chi connectivity index (χ3v) is 3.13. The Balaban J connectivity index is 1.91. The van der Waals surface area contributed by atoms with E-state index in [1.807, 2.05) is 0 Å². The molecule has 0 aromatic heterocycles. The average molecular weight is 235 g/mol. The molecule has 2 unspecified atom stereocenters. The maximum atomic E-state index is 12.0. The lowest BCUT2D eigenvalue weighted by Gasteiger charge is -2.09. The first-order valence-corrected chi connectivity index (χ1v) is 5.76. The van der Waals surface area contributed by atoms with Crippen LogP contribution in [-0.4, -0.2) is 36.7 Å². The minimum Gasteiger partial charge on any atom is -0.508 e. The van der Waals surface area contributed by atoms with Crippen LogP contribution in [0, 0.1) is 0 Å². The molecule has 0 bridgehead atoms. The lowest BCUT2D eigenvalue weighted by atomic mass is 10.0. The van der Waals surface area contributed by atoms with Crippen LogP contribution in [0.25, 0.3) is 0 Å². The van der Waals surface area contributed by atoms with Gasteiger partial charge < -0.3 is 15.2 Å². The zero-order chi connectivity index (χ0) is 12.3. The molecule has 1 saturated heterocycles. The highest BCUT2D eigenvalue weighted by atomic mass is 16.5. The van der Waals surface area contributed by atoms with Gasteiger partial charge in [-0.3, -0.25) is 4.79 Å². The third-order valence-electron chi connectivity index (χ3n) is 3.13. The molecule has 92 valence electrons. The van der Waals surface area contributed by atoms with E-state index in [2.05, 4.69) is 5.32 Å². The lowest BCUT2D eigenvalue weighted by molar-refractivity contribution is -0.120. The van der Waals surface area contributed by atoms with E-state index in [9.17, 15) is 4.79 Å². The molecular formula is C13H17NO3. The van der Waals surface area contributed by atoms with E-state index in [0.717, 1.165) is 18.5 Å². The van der Waals surface area contributed by atoms with Crippen LogP contribution >= 0.6 is 0 Å². The fourth-order valence-electron chi connectivity index (χ4n) is 2.07. The number of hydrogen-bond acceptors (Lipinski definition) is 4. The van der Waals surface area contributed by atoms with Crippen LogP contribution in [0.15, 0.2) is 24.3 Å². The van der Waals surface area contributed by atoms with Crippen molar-refractivity contribution in [2.24, 2.45) is 0 Å². The summed E-state index contributed by atoms with van der Waals surface area (Å²) in [5.41, 5.74) is 0.926. The highest BCUT2D eigenvalue weighted by Gasteiger charge is 2.28. The second-order valence-corrected chi connectivity index (χ2v) is 4.36. The number of methoxy groups -OCH3 is 1. The van der Waals surface area contributed by atoms with Gasteiger partial charge in [0.1, 0.15) is 5.75 Å². The quantitative estimate of drug-likeness (QED) is 0.813. The Labute approximate surface area is 101 Å². The maximum Gasteiger partial charge on any atom is 0.154 e. The average Bonchev–Trinajstić information content (AvgIpc) is 2.81. The van der Waals surface area contributed by atoms with Gasteiger partial charge in [-0.1, -0.05) is 12.1 Å². The number of Topliss-reactive ketones (excluding diaryl/α,β-unsaturated/α-hetero) is 1. The standard InChI is InChI=1S/C13H17NO3/c1-17-11-7-12(14-8-11)13(16)6-9-2-4-10(15)5-3-9/h2-5,11-12,14-15H,6-8H2,1H3. The van der Waals surface area contributed by atoms with Crippen molar-refractivity contribution >= 4 is 5.78 Å². The van der Waals surface area contributed by atoms with Gasteiger partial charge in [-0.05, 0) is 24.1 Å². The Morgan fingerprint density at radius 3 is 2.76 bits per heavy atom. The molecule has 2 atom stereocenters. The molecule has 17 heavy (non-hydrogen) atoms. The van der Waals surface area contributed by atoms with Gasteiger partial charge in [-0.2, -0.15) is 0 Å². The van der Waals surface area contributed by atoms with Gasteiger partial charge in [0, 0.05) is 20.1 Å². The van der Waals surface area contributed by atoms with Gasteiger partial charge in [-0.25, -0.2) is 0 Å². The van der Waals surface area contributed by atoms with Crippen LogP contribution in [0.3, 0.4) is 0 Å². The summed E-state index contributed by atoms with van der Waals surface area (Å²) in [5, 5.41) is 12.3. The summed E-state index contributed by atoms with van der Waals surface area (Å²) in [6.07, 6.45) is 1.28. The highest BCUT2D eigenvalue weighted by Crippen LogP contribution is 2.14. The van der Waals surface area contributed by atoms with Crippen molar-refractivity contribution in [2.75, 3.05) is 13.7 Å². The second kappa shape index (κ2) is 5.29. The number of phenols is 1. The van der Waals surface area contributed by atoms with E-state index in [4.69, 9.17) is 9.84 Å². The topological polar surface area (TPSA) is 58.6 Å². The number of phenolic OH excluding ortho intramolecular Hbond substituents is 1. The molecule has 4 heteroatoms. The number of ether oxygens (including phenoxy) is 1. The number of nitrogens with one attached hydrogen (secondary N) is 1. The zero-order valence-electron chi connectivity index (χ0n) is 9.85. The molecule has 1 aromatic rings. The van der Waals surface area contributed by atoms with Gasteiger partial charge >= 0.3 is 0 Å². The summed E-state index contributed by atoms with van der Waals surface area (Å²) in [5.74, 6) is 0.398. The van der Waals surface area contributed by atoms with Crippen molar-refractivity contribution < 1.29 is 14.6 Å². The Bertz CT molecular complexity index is 388. The molecule has 0 saturated carbocycles. The molecule has 0 radical (unpaired) electrons. The summed E-state index contributed by atoms with van der Waals surface area (Å²) in [4.78, 5) is 12.0. The first-order chi connectivity index (χ1) is 8.19. The normalized spacial score (nSPS) is 23.8. The van der Waals surface area contributed by atoms with E-state index in [1.165, 1.54) is 0 Å². The predicted octanol–water partition coefficient (Wildman–Crippen LogP) is 0.881. The number of benzene rings is 1. The van der Waals surface area contributed by atoms with Crippen LogP contribution in [0.4, 0.5) is 0 Å². The summed E-state index contributed by atoms with van der Waals surface area (Å²) in [6, 6.07) is 6.64. The molecule has 2 N–H and O–H groups in total. The van der Waals surface area contributed by atoms with Gasteiger partial charge in [-0.15, -0.1) is 0 Å². The summed E-state index contributed by atoms with van der Waals surface area (Å²) in [7, 11) is 1.67. The summed E-state index contributed by atoms with van der Waals surface area (Å²) in [6.45, 7) is 0.739. The molecule has 0 aliphatic carbocycles. The van der Waals surface area contributed by atoms with Crippen molar-refractivity contribution in [3.8, 4) is 5.75 Å². The monoisotopic (exact) mass is 235 g/mol. The van der Waals surface area contributed by atoms with Crippen molar-refractivity contribution in [3.05, 3.63) is 29.8 Å². The molecular weight excluding hydrogens is 218 g/mol. The summed E-state index contributed by atoms with van der Waals surface area (Å²) >= 11 is 0. The number of aromatic hydroxyl groups is 1. The van der Waals surface area contributed by atoms with E-state index in [1.54, 1.807) is 31.4 Å².